The second-order valence-electron chi connectivity index (χ2n) is 12.3. The van der Waals surface area contributed by atoms with Gasteiger partial charge in [-0.2, -0.15) is 0 Å². The minimum Gasteiger partial charge on any atom is -0.481 e. The molecule has 0 aliphatic heterocycles. The number of benzene rings is 4. The fraction of sp³-hybridized carbons (Fsp3) is 0.163. The lowest BCUT2D eigenvalue weighted by molar-refractivity contribution is -0.140. The van der Waals surface area contributed by atoms with Crippen molar-refractivity contribution in [2.75, 3.05) is 7.11 Å². The summed E-state index contributed by atoms with van der Waals surface area (Å²) < 4.78 is 4.70. The molecule has 6 rings (SSSR count). The SMILES string of the molecule is COC(=O)Cc1ccc(Cc2cc(C)nc(-c3cccc(Cl)c3)c2)cc1.Cc1cc(Cc2ccc(CC(=O)O)cc2)cc(-c2cccc(Cl)c2)n1. The van der Waals surface area contributed by atoms with Crippen LogP contribution in [0, 0.1) is 13.8 Å². The number of methoxy groups -OCH3 is 1. The van der Waals surface area contributed by atoms with Gasteiger partial charge in [0.15, 0.2) is 0 Å². The highest BCUT2D eigenvalue weighted by molar-refractivity contribution is 6.31. The smallest absolute Gasteiger partial charge is 0.309 e. The first kappa shape index (κ1) is 37.0. The number of nitrogens with zero attached hydrogens (tertiary/aromatic N) is 2. The lowest BCUT2D eigenvalue weighted by Crippen LogP contribution is -2.04. The molecule has 0 aliphatic carbocycles. The molecule has 258 valence electrons. The van der Waals surface area contributed by atoms with Crippen LogP contribution in [0.3, 0.4) is 0 Å². The summed E-state index contributed by atoms with van der Waals surface area (Å²) in [6.07, 6.45) is 1.91. The number of rotatable bonds is 10. The summed E-state index contributed by atoms with van der Waals surface area (Å²) >= 11 is 12.2. The Morgan fingerprint density at radius 3 is 1.37 bits per heavy atom. The number of carboxylic acids is 1. The van der Waals surface area contributed by atoms with Gasteiger partial charge in [0.25, 0.3) is 0 Å². The van der Waals surface area contributed by atoms with Gasteiger partial charge in [0.05, 0.1) is 31.3 Å². The van der Waals surface area contributed by atoms with E-state index in [1.54, 1.807) is 0 Å². The Labute approximate surface area is 308 Å². The molecule has 1 N–H and O–H groups in total. The van der Waals surface area contributed by atoms with Crippen molar-refractivity contribution in [3.8, 4) is 22.5 Å². The van der Waals surface area contributed by atoms with Crippen LogP contribution in [0.4, 0.5) is 0 Å². The molecule has 0 spiro atoms. The molecule has 6 aromatic rings. The fourth-order valence-electron chi connectivity index (χ4n) is 5.71. The van der Waals surface area contributed by atoms with Crippen LogP contribution in [0.5, 0.6) is 0 Å². The number of ether oxygens (including phenoxy) is 1. The summed E-state index contributed by atoms with van der Waals surface area (Å²) in [5, 5.41) is 10.2. The van der Waals surface area contributed by atoms with E-state index in [9.17, 15) is 9.59 Å². The number of aliphatic carboxylic acids is 1. The first-order valence-electron chi connectivity index (χ1n) is 16.4. The second kappa shape index (κ2) is 17.6. The van der Waals surface area contributed by atoms with Gasteiger partial charge in [-0.05, 0) is 109 Å². The van der Waals surface area contributed by atoms with Crippen molar-refractivity contribution in [1.29, 1.82) is 0 Å². The third-order valence-electron chi connectivity index (χ3n) is 8.06. The molecule has 0 unspecified atom stereocenters. The number of carbonyl (C=O) groups excluding carboxylic acids is 1. The first-order chi connectivity index (χ1) is 24.5. The Bertz CT molecular complexity index is 2130. The van der Waals surface area contributed by atoms with Crippen LogP contribution in [-0.4, -0.2) is 34.1 Å². The number of pyridine rings is 2. The van der Waals surface area contributed by atoms with Crippen LogP contribution in [-0.2, 0) is 40.0 Å². The molecule has 2 aromatic heterocycles. The van der Waals surface area contributed by atoms with Crippen LogP contribution < -0.4 is 0 Å². The highest BCUT2D eigenvalue weighted by Gasteiger charge is 2.08. The van der Waals surface area contributed by atoms with Crippen LogP contribution in [0.15, 0.2) is 121 Å². The highest BCUT2D eigenvalue weighted by atomic mass is 35.5. The van der Waals surface area contributed by atoms with Gasteiger partial charge in [0.2, 0.25) is 0 Å². The molecule has 0 radical (unpaired) electrons. The molecule has 0 fully saturated rings. The summed E-state index contributed by atoms with van der Waals surface area (Å²) in [4.78, 5) is 31.4. The maximum absolute atomic E-state index is 11.4. The van der Waals surface area contributed by atoms with Crippen molar-refractivity contribution < 1.29 is 19.4 Å². The van der Waals surface area contributed by atoms with Gasteiger partial charge in [-0.25, -0.2) is 0 Å². The monoisotopic (exact) mass is 716 g/mol. The molecule has 6 nitrogen and oxygen atoms in total. The number of aryl methyl sites for hydroxylation is 2. The number of aromatic nitrogens is 2. The van der Waals surface area contributed by atoms with Crippen molar-refractivity contribution in [2.45, 2.75) is 39.5 Å². The van der Waals surface area contributed by atoms with Gasteiger partial charge in [0, 0.05) is 32.6 Å². The third kappa shape index (κ3) is 11.4. The van der Waals surface area contributed by atoms with E-state index in [0.717, 1.165) is 69.0 Å². The highest BCUT2D eigenvalue weighted by Crippen LogP contribution is 2.25. The van der Waals surface area contributed by atoms with E-state index in [1.807, 2.05) is 111 Å². The van der Waals surface area contributed by atoms with Gasteiger partial charge in [-0.3, -0.25) is 19.6 Å². The minimum absolute atomic E-state index is 0.0492. The largest absolute Gasteiger partial charge is 0.481 e. The maximum Gasteiger partial charge on any atom is 0.309 e. The van der Waals surface area contributed by atoms with E-state index in [-0.39, 0.29) is 12.4 Å². The zero-order chi connectivity index (χ0) is 36.3. The van der Waals surface area contributed by atoms with Crippen LogP contribution >= 0.6 is 23.2 Å². The summed E-state index contributed by atoms with van der Waals surface area (Å²) in [6, 6.07) is 39.5. The summed E-state index contributed by atoms with van der Waals surface area (Å²) in [7, 11) is 1.40. The molecule has 2 heterocycles. The number of hydrogen-bond donors (Lipinski definition) is 1. The number of halogens is 2. The molecular weight excluding hydrogens is 679 g/mol. The Morgan fingerprint density at radius 1 is 0.569 bits per heavy atom. The lowest BCUT2D eigenvalue weighted by atomic mass is 10.0. The van der Waals surface area contributed by atoms with E-state index < -0.39 is 5.97 Å². The molecule has 8 heteroatoms. The Balaban J connectivity index is 0.000000198. The van der Waals surface area contributed by atoms with Gasteiger partial charge in [-0.15, -0.1) is 0 Å². The van der Waals surface area contributed by atoms with Gasteiger partial charge < -0.3 is 9.84 Å². The van der Waals surface area contributed by atoms with Gasteiger partial charge >= 0.3 is 11.9 Å². The zero-order valence-corrected chi connectivity index (χ0v) is 30.2. The molecule has 0 atom stereocenters. The first-order valence-corrected chi connectivity index (χ1v) is 17.2. The molecule has 0 amide bonds. The quantitative estimate of drug-likeness (QED) is 0.142. The molecule has 51 heavy (non-hydrogen) atoms. The maximum atomic E-state index is 11.4. The van der Waals surface area contributed by atoms with E-state index in [0.29, 0.717) is 16.5 Å². The Morgan fingerprint density at radius 2 is 0.980 bits per heavy atom. The number of esters is 1. The van der Waals surface area contributed by atoms with Gasteiger partial charge in [-0.1, -0.05) is 96.0 Å². The predicted molar refractivity (Wildman–Crippen MR) is 204 cm³/mol. The normalized spacial score (nSPS) is 10.6. The van der Waals surface area contributed by atoms with E-state index in [4.69, 9.17) is 33.0 Å². The molecule has 0 saturated heterocycles. The van der Waals surface area contributed by atoms with Crippen molar-refractivity contribution in [2.24, 2.45) is 0 Å². The van der Waals surface area contributed by atoms with E-state index in [1.165, 1.54) is 18.2 Å². The summed E-state index contributed by atoms with van der Waals surface area (Å²) in [5.41, 5.74) is 12.2. The predicted octanol–water partition coefficient (Wildman–Crippen LogP) is 9.95. The number of carboxylic acid groups (broad SMARTS) is 1. The average molecular weight is 718 g/mol. The van der Waals surface area contributed by atoms with Crippen molar-refractivity contribution in [1.82, 2.24) is 9.97 Å². The molecule has 0 aliphatic rings. The Kier molecular flexibility index (Phi) is 12.7. The van der Waals surface area contributed by atoms with E-state index >= 15 is 0 Å². The zero-order valence-electron chi connectivity index (χ0n) is 28.7. The average Bonchev–Trinajstić information content (AvgIpc) is 3.09. The number of hydrogen-bond acceptors (Lipinski definition) is 5. The van der Waals surface area contributed by atoms with Crippen LogP contribution in [0.2, 0.25) is 10.0 Å². The number of carbonyl (C=O) groups is 2. The topological polar surface area (TPSA) is 89.4 Å². The third-order valence-corrected chi connectivity index (χ3v) is 8.53. The summed E-state index contributed by atoms with van der Waals surface area (Å²) in [5.74, 6) is -1.04. The fourth-order valence-corrected chi connectivity index (χ4v) is 6.09. The molecule has 4 aromatic carbocycles. The van der Waals surface area contributed by atoms with Crippen molar-refractivity contribution in [3.05, 3.63) is 176 Å². The standard InChI is InChI=1S/C22H20ClNO2.C21H18ClNO2/c1-15-10-18(12-21(24-15)19-4-3-5-20(23)14-19)11-16-6-8-17(9-7-16)13-22(25)26-2;1-14-9-17(10-15-5-7-16(8-6-15)12-21(24)25)11-20(23-14)18-3-2-4-19(22)13-18/h3-10,12,14H,11,13H2,1-2H3;2-9,11,13H,10,12H2,1H3,(H,24,25). The minimum atomic E-state index is -0.816. The Hall–Kier alpha value is -5.30. The lowest BCUT2D eigenvalue weighted by Gasteiger charge is -2.09. The summed E-state index contributed by atoms with van der Waals surface area (Å²) in [6.45, 7) is 3.98. The van der Waals surface area contributed by atoms with Crippen LogP contribution in [0.1, 0.15) is 44.8 Å². The molecular formula is C43H38Cl2N2O4. The van der Waals surface area contributed by atoms with Crippen LogP contribution in [0.25, 0.3) is 22.5 Å². The van der Waals surface area contributed by atoms with Crippen molar-refractivity contribution >= 4 is 35.1 Å². The van der Waals surface area contributed by atoms with Gasteiger partial charge in [0.1, 0.15) is 0 Å². The second-order valence-corrected chi connectivity index (χ2v) is 13.2. The van der Waals surface area contributed by atoms with E-state index in [2.05, 4.69) is 34.2 Å². The molecule has 0 bridgehead atoms. The van der Waals surface area contributed by atoms with Crippen molar-refractivity contribution in [3.63, 3.8) is 0 Å². The molecule has 0 saturated carbocycles.